The number of hydrogen-bond acceptors (Lipinski definition) is 4. The van der Waals surface area contributed by atoms with E-state index in [0.717, 1.165) is 0 Å². The van der Waals surface area contributed by atoms with Gasteiger partial charge in [0, 0.05) is 13.1 Å². The number of hydrogen-bond donors (Lipinski definition) is 2. The second-order valence-electron chi connectivity index (χ2n) is 2.88. The van der Waals surface area contributed by atoms with Gasteiger partial charge in [0.2, 0.25) is 0 Å². The summed E-state index contributed by atoms with van der Waals surface area (Å²) in [6.07, 6.45) is 0. The third-order valence-corrected chi connectivity index (χ3v) is 2.58. The highest BCUT2D eigenvalue weighted by atomic mass is 35.5. The first-order valence-electron chi connectivity index (χ1n) is 4.43. The molecule has 0 aromatic carbocycles. The molecule has 0 saturated heterocycles. The topological polar surface area (TPSA) is 79.0 Å². The fraction of sp³-hybridized carbons (Fsp3) is 0.500. The molecule has 0 fully saturated rings. The Hall–Kier alpha value is -1.01. The Kier molecular flexibility index (Phi) is 4.83. The second-order valence-corrected chi connectivity index (χ2v) is 3.24. The smallest absolute Gasteiger partial charge is 0.279 e. The number of aromatic nitrogens is 2. The summed E-state index contributed by atoms with van der Waals surface area (Å²) in [5, 5.41) is 0. The van der Waals surface area contributed by atoms with Crippen LogP contribution in [0.25, 0.3) is 0 Å². The normalized spacial score (nSPS) is 9.73. The third kappa shape index (κ3) is 2.15. The molecule has 4 N–H and O–H groups in total. The van der Waals surface area contributed by atoms with Gasteiger partial charge in [-0.25, -0.2) is 0 Å². The number of nitrogens with zero attached hydrogens (tertiary/aromatic N) is 2. The summed E-state index contributed by atoms with van der Waals surface area (Å²) in [6, 6.07) is 0. The van der Waals surface area contributed by atoms with Crippen LogP contribution in [0.15, 0.2) is 4.79 Å². The van der Waals surface area contributed by atoms with E-state index in [0.29, 0.717) is 17.9 Å². The van der Waals surface area contributed by atoms with Crippen molar-refractivity contribution in [3.63, 3.8) is 0 Å². The molecule has 0 aliphatic heterocycles. The van der Waals surface area contributed by atoms with Gasteiger partial charge >= 0.3 is 0 Å². The van der Waals surface area contributed by atoms with E-state index in [1.807, 2.05) is 13.8 Å². The Bertz CT molecular complexity index is 465. The molecular formula is C8H15ClN4OS. The minimum absolute atomic E-state index is 0. The van der Waals surface area contributed by atoms with Crippen LogP contribution in [0.1, 0.15) is 13.8 Å². The second kappa shape index (κ2) is 5.18. The number of anilines is 2. The third-order valence-electron chi connectivity index (χ3n) is 2.14. The molecule has 0 aliphatic carbocycles. The molecule has 0 spiro atoms. The molecule has 15 heavy (non-hydrogen) atoms. The molecule has 0 unspecified atom stereocenters. The monoisotopic (exact) mass is 250 g/mol. The molecule has 0 saturated carbocycles. The van der Waals surface area contributed by atoms with Crippen LogP contribution in [0.5, 0.6) is 0 Å². The molecule has 0 radical (unpaired) electrons. The van der Waals surface area contributed by atoms with E-state index in [4.69, 9.17) is 23.7 Å². The van der Waals surface area contributed by atoms with E-state index in [9.17, 15) is 4.79 Å². The van der Waals surface area contributed by atoms with E-state index >= 15 is 0 Å². The average molecular weight is 251 g/mol. The van der Waals surface area contributed by atoms with E-state index in [1.165, 1.54) is 4.57 Å². The van der Waals surface area contributed by atoms with Gasteiger partial charge in [0.15, 0.2) is 4.77 Å². The van der Waals surface area contributed by atoms with Gasteiger partial charge in [0.25, 0.3) is 5.56 Å². The van der Waals surface area contributed by atoms with Gasteiger partial charge < -0.3 is 16.0 Å². The van der Waals surface area contributed by atoms with Crippen molar-refractivity contribution in [2.24, 2.45) is 0 Å². The highest BCUT2D eigenvalue weighted by Gasteiger charge is 2.09. The zero-order chi connectivity index (χ0) is 10.9. The zero-order valence-electron chi connectivity index (χ0n) is 8.69. The molecule has 0 atom stereocenters. The lowest BCUT2D eigenvalue weighted by molar-refractivity contribution is 0.622. The predicted molar refractivity (Wildman–Crippen MR) is 66.9 cm³/mol. The molecule has 0 amide bonds. The first-order chi connectivity index (χ1) is 6.54. The minimum atomic E-state index is -0.306. The largest absolute Gasteiger partial charge is 0.391 e. The summed E-state index contributed by atoms with van der Waals surface area (Å²) < 4.78 is 3.51. The molecule has 1 heterocycles. The van der Waals surface area contributed by atoms with Crippen molar-refractivity contribution in [2.75, 3.05) is 11.5 Å². The molecule has 1 aromatic heterocycles. The molecule has 5 nitrogen and oxygen atoms in total. The molecule has 0 aliphatic rings. The van der Waals surface area contributed by atoms with Gasteiger partial charge in [-0.05, 0) is 26.1 Å². The van der Waals surface area contributed by atoms with Crippen LogP contribution in [0, 0.1) is 4.77 Å². The lowest BCUT2D eigenvalue weighted by Gasteiger charge is -2.13. The summed E-state index contributed by atoms with van der Waals surface area (Å²) in [6.45, 7) is 4.85. The van der Waals surface area contributed by atoms with Crippen LogP contribution in [-0.4, -0.2) is 9.13 Å². The summed E-state index contributed by atoms with van der Waals surface area (Å²) in [4.78, 5) is 11.6. The number of nitrogen functional groups attached to an aromatic ring is 2. The molecular weight excluding hydrogens is 236 g/mol. The van der Waals surface area contributed by atoms with Crippen molar-refractivity contribution in [3.8, 4) is 0 Å². The average Bonchev–Trinajstić information content (AvgIpc) is 2.16. The minimum Gasteiger partial charge on any atom is -0.391 e. The first-order valence-corrected chi connectivity index (χ1v) is 4.83. The molecule has 7 heteroatoms. The molecule has 1 rings (SSSR count). The molecule has 0 bridgehead atoms. The SMILES string of the molecule is CCn1c(N)c(N)c(=O)n(CC)c1=S.Cl. The lowest BCUT2D eigenvalue weighted by Crippen LogP contribution is -2.29. The van der Waals surface area contributed by atoms with Gasteiger partial charge in [0.05, 0.1) is 0 Å². The molecule has 86 valence electrons. The quantitative estimate of drug-likeness (QED) is 0.768. The van der Waals surface area contributed by atoms with Gasteiger partial charge in [-0.2, -0.15) is 0 Å². The fourth-order valence-corrected chi connectivity index (χ4v) is 1.76. The van der Waals surface area contributed by atoms with Gasteiger partial charge in [-0.1, -0.05) is 0 Å². The Labute approximate surface area is 99.1 Å². The summed E-state index contributed by atoms with van der Waals surface area (Å²) in [7, 11) is 0. The first kappa shape index (κ1) is 14.0. The number of nitrogens with two attached hydrogens (primary N) is 2. The van der Waals surface area contributed by atoms with E-state index in [2.05, 4.69) is 0 Å². The van der Waals surface area contributed by atoms with Gasteiger partial charge in [-0.15, -0.1) is 12.4 Å². The maximum absolute atomic E-state index is 11.6. The van der Waals surface area contributed by atoms with Crippen molar-refractivity contribution in [2.45, 2.75) is 26.9 Å². The number of halogens is 1. The number of rotatable bonds is 2. The van der Waals surface area contributed by atoms with Gasteiger partial charge in [0.1, 0.15) is 11.5 Å². The zero-order valence-corrected chi connectivity index (χ0v) is 10.3. The molecule has 1 aromatic rings. The Morgan fingerprint density at radius 1 is 1.20 bits per heavy atom. The summed E-state index contributed by atoms with van der Waals surface area (Å²) in [5.41, 5.74) is 11.0. The van der Waals surface area contributed by atoms with E-state index in [-0.39, 0.29) is 29.5 Å². The van der Waals surface area contributed by atoms with Crippen molar-refractivity contribution in [1.29, 1.82) is 0 Å². The Balaban J connectivity index is 0.00000196. The maximum Gasteiger partial charge on any atom is 0.279 e. The summed E-state index contributed by atoms with van der Waals surface area (Å²) >= 11 is 5.12. The Morgan fingerprint density at radius 3 is 2.07 bits per heavy atom. The van der Waals surface area contributed by atoms with Crippen LogP contribution in [0.4, 0.5) is 11.5 Å². The highest BCUT2D eigenvalue weighted by molar-refractivity contribution is 7.71. The predicted octanol–water partition coefficient (Wildman–Crippen LogP) is 1.01. The van der Waals surface area contributed by atoms with Crippen LogP contribution >= 0.6 is 24.6 Å². The van der Waals surface area contributed by atoms with E-state index < -0.39 is 0 Å². The van der Waals surface area contributed by atoms with Crippen molar-refractivity contribution >= 4 is 36.1 Å². The summed E-state index contributed by atoms with van der Waals surface area (Å²) in [5.74, 6) is 0.257. The standard InChI is InChI=1S/C8H14N4OS.ClH/c1-3-11-6(10)5(9)7(13)12(4-2)8(11)14;/h3-4,9-10H2,1-2H3;1H. The highest BCUT2D eigenvalue weighted by Crippen LogP contribution is 2.09. The van der Waals surface area contributed by atoms with Gasteiger partial charge in [-0.3, -0.25) is 9.36 Å². The van der Waals surface area contributed by atoms with Crippen LogP contribution in [0.3, 0.4) is 0 Å². The van der Waals surface area contributed by atoms with Crippen molar-refractivity contribution in [1.82, 2.24) is 9.13 Å². The maximum atomic E-state index is 11.6. The van der Waals surface area contributed by atoms with E-state index in [1.54, 1.807) is 4.57 Å². The van der Waals surface area contributed by atoms with Crippen LogP contribution in [0.2, 0.25) is 0 Å². The van der Waals surface area contributed by atoms with Crippen LogP contribution in [-0.2, 0) is 13.1 Å². The van der Waals surface area contributed by atoms with Crippen LogP contribution < -0.4 is 17.0 Å². The lowest BCUT2D eigenvalue weighted by atomic mass is 10.4. The van der Waals surface area contributed by atoms with Crippen molar-refractivity contribution in [3.05, 3.63) is 15.1 Å². The Morgan fingerprint density at radius 2 is 1.67 bits per heavy atom. The van der Waals surface area contributed by atoms with Crippen molar-refractivity contribution < 1.29 is 0 Å². The fourth-order valence-electron chi connectivity index (χ4n) is 1.32.